The number of nitro groups is 2. The largest absolute Gasteiger partial charge is 0.381 e. The van der Waals surface area contributed by atoms with Crippen LogP contribution in [0.25, 0.3) is 0 Å². The van der Waals surface area contributed by atoms with Gasteiger partial charge in [0.2, 0.25) is 0 Å². The Morgan fingerprint density at radius 1 is 0.822 bits per heavy atom. The lowest BCUT2D eigenvalue weighted by Gasteiger charge is -2.29. The highest BCUT2D eigenvalue weighted by Crippen LogP contribution is 2.29. The van der Waals surface area contributed by atoms with Crippen LogP contribution in [-0.2, 0) is 4.74 Å². The highest BCUT2D eigenvalue weighted by atomic mass is 35.5. The number of pyridine rings is 2. The monoisotopic (exact) mass is 658 g/mol. The molecular formula is C31H49ClF2N6O5. The smallest absolute Gasteiger partial charge is 0.310 e. The van der Waals surface area contributed by atoms with E-state index in [2.05, 4.69) is 35.6 Å². The van der Waals surface area contributed by atoms with E-state index in [0.29, 0.717) is 31.6 Å². The lowest BCUT2D eigenvalue weighted by atomic mass is 9.99. The third kappa shape index (κ3) is 17.3. The van der Waals surface area contributed by atoms with Gasteiger partial charge >= 0.3 is 11.4 Å². The summed E-state index contributed by atoms with van der Waals surface area (Å²) < 4.78 is 30.1. The average Bonchev–Trinajstić information content (AvgIpc) is 3.65. The molecule has 1 aliphatic carbocycles. The van der Waals surface area contributed by atoms with E-state index in [1.54, 1.807) is 6.07 Å². The molecule has 0 amide bonds. The zero-order valence-electron chi connectivity index (χ0n) is 26.8. The first-order chi connectivity index (χ1) is 21.6. The molecule has 254 valence electrons. The van der Waals surface area contributed by atoms with Crippen molar-refractivity contribution in [3.05, 3.63) is 62.2 Å². The summed E-state index contributed by atoms with van der Waals surface area (Å²) in [6, 6.07) is 2.98. The van der Waals surface area contributed by atoms with Crippen LogP contribution in [0.5, 0.6) is 0 Å². The Hall–Kier alpha value is -3.03. The predicted octanol–water partition coefficient (Wildman–Crippen LogP) is 8.00. The summed E-state index contributed by atoms with van der Waals surface area (Å²) in [4.78, 5) is 31.4. The van der Waals surface area contributed by atoms with Crippen LogP contribution in [0.15, 0.2) is 36.9 Å². The number of nitrogens with zero attached hydrogens (tertiary/aromatic N) is 6. The first-order valence-corrected chi connectivity index (χ1v) is 16.2. The van der Waals surface area contributed by atoms with Crippen LogP contribution in [0.3, 0.4) is 0 Å². The molecule has 14 heteroatoms. The van der Waals surface area contributed by atoms with Gasteiger partial charge in [0, 0.05) is 38.7 Å². The molecule has 45 heavy (non-hydrogen) atoms. The molecule has 11 nitrogen and oxygen atoms in total. The molecule has 0 radical (unpaired) electrons. The van der Waals surface area contributed by atoms with E-state index >= 15 is 0 Å². The Morgan fingerprint density at radius 2 is 1.31 bits per heavy atom. The van der Waals surface area contributed by atoms with E-state index in [0.717, 1.165) is 45.1 Å². The lowest BCUT2D eigenvalue weighted by molar-refractivity contribution is -0.385. The summed E-state index contributed by atoms with van der Waals surface area (Å²) >= 11 is 5.44. The second kappa shape index (κ2) is 24.2. The quantitative estimate of drug-likeness (QED) is 0.224. The Kier molecular flexibility index (Phi) is 21.5. The molecule has 1 saturated carbocycles. The molecule has 2 saturated heterocycles. The fourth-order valence-electron chi connectivity index (χ4n) is 4.61. The van der Waals surface area contributed by atoms with Crippen molar-refractivity contribution in [2.24, 2.45) is 0 Å². The van der Waals surface area contributed by atoms with Crippen molar-refractivity contribution in [1.29, 1.82) is 0 Å². The van der Waals surface area contributed by atoms with Crippen molar-refractivity contribution < 1.29 is 23.4 Å². The molecular weight excluding hydrogens is 610 g/mol. The minimum atomic E-state index is -0.780. The standard InChI is InChI=1S/C10H12FN3O2.C6H11F.C6H15N.C5H3ClN2O2.C4H8O/c11-8-2-5-13(6-3-8)9-1-4-12-7-10(9)14(15)16;7-6-4-2-1-3-5-6;1-4-7(5-2)6-3;6-4-1-2-7-3-5(4)8(9)10;1-2-4-5-3-1/h1,4,7-8H,2-3,5-6H2;6H,1-5H2;4-6H2,1-3H3;1-3H;1-4H2. The summed E-state index contributed by atoms with van der Waals surface area (Å²) in [5.41, 5.74) is 0.357. The van der Waals surface area contributed by atoms with Crippen LogP contribution in [0, 0.1) is 20.2 Å². The highest BCUT2D eigenvalue weighted by Gasteiger charge is 2.24. The number of ether oxygens (including phenoxy) is 1. The second-order valence-electron chi connectivity index (χ2n) is 10.5. The zero-order valence-corrected chi connectivity index (χ0v) is 27.5. The maximum absolute atomic E-state index is 13.0. The van der Waals surface area contributed by atoms with Crippen LogP contribution >= 0.6 is 11.6 Å². The molecule has 0 spiro atoms. The second-order valence-corrected chi connectivity index (χ2v) is 10.9. The van der Waals surface area contributed by atoms with Gasteiger partial charge in [-0.25, -0.2) is 8.78 Å². The highest BCUT2D eigenvalue weighted by molar-refractivity contribution is 6.32. The third-order valence-corrected chi connectivity index (χ3v) is 7.71. The van der Waals surface area contributed by atoms with Crippen LogP contribution < -0.4 is 4.90 Å². The van der Waals surface area contributed by atoms with Crippen molar-refractivity contribution in [3.8, 4) is 0 Å². The van der Waals surface area contributed by atoms with Crippen molar-refractivity contribution in [2.75, 3.05) is 50.8 Å². The molecule has 4 heterocycles. The minimum Gasteiger partial charge on any atom is -0.381 e. The van der Waals surface area contributed by atoms with Gasteiger partial charge in [-0.1, -0.05) is 51.6 Å². The van der Waals surface area contributed by atoms with Gasteiger partial charge in [-0.05, 0) is 70.3 Å². The molecule has 5 rings (SSSR count). The van der Waals surface area contributed by atoms with E-state index in [1.165, 1.54) is 63.6 Å². The van der Waals surface area contributed by atoms with Crippen LogP contribution in [0.2, 0.25) is 5.02 Å². The number of hydrogen-bond acceptors (Lipinski definition) is 9. The number of aromatic nitrogens is 2. The predicted molar refractivity (Wildman–Crippen MR) is 175 cm³/mol. The first-order valence-electron chi connectivity index (χ1n) is 15.8. The first kappa shape index (κ1) is 40.0. The summed E-state index contributed by atoms with van der Waals surface area (Å²) in [6.45, 7) is 13.2. The van der Waals surface area contributed by atoms with Crippen LogP contribution in [0.4, 0.5) is 25.8 Å². The Morgan fingerprint density at radius 3 is 1.67 bits per heavy atom. The molecule has 2 aliphatic heterocycles. The number of alkyl halides is 2. The van der Waals surface area contributed by atoms with Crippen molar-refractivity contribution >= 4 is 28.7 Å². The average molecular weight is 659 g/mol. The molecule has 2 aromatic heterocycles. The van der Waals surface area contributed by atoms with Gasteiger partial charge in [-0.2, -0.15) is 0 Å². The van der Waals surface area contributed by atoms with Gasteiger partial charge in [-0.15, -0.1) is 0 Å². The van der Waals surface area contributed by atoms with Gasteiger partial charge in [0.1, 0.15) is 35.4 Å². The lowest BCUT2D eigenvalue weighted by Crippen LogP contribution is -2.34. The maximum Gasteiger partial charge on any atom is 0.310 e. The van der Waals surface area contributed by atoms with E-state index < -0.39 is 22.2 Å². The van der Waals surface area contributed by atoms with Crippen LogP contribution in [0.1, 0.15) is 78.6 Å². The fourth-order valence-corrected chi connectivity index (χ4v) is 4.79. The maximum atomic E-state index is 13.0. The normalized spacial score (nSPS) is 16.5. The van der Waals surface area contributed by atoms with Crippen molar-refractivity contribution in [1.82, 2.24) is 14.9 Å². The van der Waals surface area contributed by atoms with E-state index in [1.807, 2.05) is 4.90 Å². The molecule has 0 unspecified atom stereocenters. The summed E-state index contributed by atoms with van der Waals surface area (Å²) in [7, 11) is 0. The molecule has 3 fully saturated rings. The van der Waals surface area contributed by atoms with Gasteiger partial charge < -0.3 is 14.5 Å². The number of rotatable bonds is 6. The zero-order chi connectivity index (χ0) is 33.5. The molecule has 0 atom stereocenters. The SMILES string of the molecule is C1CCOC1.CCN(CC)CC.FC1CCCCC1.O=[N+]([O-])c1cnccc1Cl.O=[N+]([O-])c1cnccc1N1CCC(F)CC1. The van der Waals surface area contributed by atoms with E-state index in [4.69, 9.17) is 16.3 Å². The minimum absolute atomic E-state index is 0.0141. The van der Waals surface area contributed by atoms with Crippen molar-refractivity contribution in [2.45, 2.75) is 90.9 Å². The number of piperidine rings is 1. The van der Waals surface area contributed by atoms with Crippen molar-refractivity contribution in [3.63, 3.8) is 0 Å². The Labute approximate surface area is 270 Å². The molecule has 0 bridgehead atoms. The number of halogens is 3. The van der Waals surface area contributed by atoms with E-state index in [9.17, 15) is 29.0 Å². The number of anilines is 1. The summed E-state index contributed by atoms with van der Waals surface area (Å²) in [5, 5.41) is 21.0. The Bertz CT molecular complexity index is 1070. The fraction of sp³-hybridized carbons (Fsp3) is 0.677. The van der Waals surface area contributed by atoms with E-state index in [-0.39, 0.29) is 16.4 Å². The molecule has 0 N–H and O–H groups in total. The van der Waals surface area contributed by atoms with Gasteiger partial charge in [0.25, 0.3) is 0 Å². The van der Waals surface area contributed by atoms with Gasteiger partial charge in [0.05, 0.1) is 9.85 Å². The summed E-state index contributed by atoms with van der Waals surface area (Å²) in [6.07, 6.45) is 12.5. The topological polar surface area (TPSA) is 128 Å². The molecule has 3 aliphatic rings. The number of hydrogen-bond donors (Lipinski definition) is 0. The Balaban J connectivity index is 0.000000301. The third-order valence-electron chi connectivity index (χ3n) is 7.39. The molecule has 2 aromatic rings. The summed E-state index contributed by atoms with van der Waals surface area (Å²) in [5.74, 6) is 0. The molecule has 0 aromatic carbocycles. The van der Waals surface area contributed by atoms with Crippen LogP contribution in [-0.4, -0.2) is 83.0 Å². The van der Waals surface area contributed by atoms with Gasteiger partial charge in [0.15, 0.2) is 0 Å². The van der Waals surface area contributed by atoms with Gasteiger partial charge in [-0.3, -0.25) is 30.2 Å².